The maximum atomic E-state index is 12.9. The number of amides is 1. The second-order valence-electron chi connectivity index (χ2n) is 17.4. The molecule has 0 aliphatic carbocycles. The van der Waals surface area contributed by atoms with Crippen LogP contribution in [0.25, 0.3) is 0 Å². The molecule has 0 spiro atoms. The van der Waals surface area contributed by atoms with Crippen LogP contribution >= 0.6 is 7.82 Å². The Hall–Kier alpha value is -2.58. The van der Waals surface area contributed by atoms with E-state index in [1.807, 2.05) is 27.2 Å². The number of quaternary nitrogens is 1. The van der Waals surface area contributed by atoms with Crippen molar-refractivity contribution in [3.63, 3.8) is 0 Å². The molecule has 9 heteroatoms. The third-order valence-electron chi connectivity index (χ3n) is 10.3. The van der Waals surface area contributed by atoms with Crippen molar-refractivity contribution in [1.82, 2.24) is 5.32 Å². The highest BCUT2D eigenvalue weighted by Gasteiger charge is 2.27. The zero-order chi connectivity index (χ0) is 45.7. The minimum Gasteiger partial charge on any atom is -0.387 e. The predicted molar refractivity (Wildman–Crippen MR) is 267 cm³/mol. The second-order valence-corrected chi connectivity index (χ2v) is 18.9. The standard InChI is InChI=1S/C53H93N2O6P/c1-6-8-10-12-14-16-18-20-21-22-23-24-25-26-27-28-29-30-31-32-33-35-37-39-41-43-45-47-53(57)54-51(50-61-62(58,59)60-49-48-55(3,4)5)52(56)46-44-42-40-38-36-34-19-17-15-13-11-9-7-2/h8,10,14,16,20-21,23-24,26-27,29-30,36,38,44,46,51-52,56H,6-7,9,11-13,15,17-19,22,25,28,31-35,37,39-43,45,47-50H2,1-5H3,(H-,54,57,58,59)/p+1/b10-8-,16-14-,21-20-,24-23-,27-26-,30-29-,38-36+,46-44+. The van der Waals surface area contributed by atoms with E-state index < -0.39 is 20.0 Å². The van der Waals surface area contributed by atoms with Gasteiger partial charge in [0.2, 0.25) is 5.91 Å². The van der Waals surface area contributed by atoms with Crippen LogP contribution < -0.4 is 5.32 Å². The van der Waals surface area contributed by atoms with Gasteiger partial charge in [-0.15, -0.1) is 0 Å². The second kappa shape index (κ2) is 43.7. The summed E-state index contributed by atoms with van der Waals surface area (Å²) >= 11 is 0. The van der Waals surface area contributed by atoms with Crippen LogP contribution in [0.4, 0.5) is 0 Å². The molecule has 0 saturated heterocycles. The Labute approximate surface area is 381 Å². The number of rotatable bonds is 43. The third kappa shape index (κ3) is 45.4. The van der Waals surface area contributed by atoms with Gasteiger partial charge in [-0.05, 0) is 83.5 Å². The molecule has 0 heterocycles. The topological polar surface area (TPSA) is 105 Å². The molecule has 0 bridgehead atoms. The molecule has 0 aliphatic heterocycles. The van der Waals surface area contributed by atoms with Gasteiger partial charge in [0, 0.05) is 6.42 Å². The summed E-state index contributed by atoms with van der Waals surface area (Å²) in [5.41, 5.74) is 0. The summed E-state index contributed by atoms with van der Waals surface area (Å²) in [6.45, 7) is 4.64. The highest BCUT2D eigenvalue weighted by Crippen LogP contribution is 2.43. The lowest BCUT2D eigenvalue weighted by Gasteiger charge is -2.25. The van der Waals surface area contributed by atoms with E-state index in [2.05, 4.69) is 104 Å². The summed E-state index contributed by atoms with van der Waals surface area (Å²) in [5.74, 6) is -0.201. The first-order valence-corrected chi connectivity index (χ1v) is 26.1. The Morgan fingerprint density at radius 1 is 0.565 bits per heavy atom. The molecule has 0 saturated carbocycles. The van der Waals surface area contributed by atoms with E-state index in [0.29, 0.717) is 17.4 Å². The fourth-order valence-corrected chi connectivity index (χ4v) is 7.15. The number of aliphatic hydroxyl groups is 1. The van der Waals surface area contributed by atoms with Crippen LogP contribution in [-0.4, -0.2) is 73.4 Å². The number of carbonyl (C=O) groups is 1. The monoisotopic (exact) mass is 886 g/mol. The minimum absolute atomic E-state index is 0.0492. The van der Waals surface area contributed by atoms with E-state index in [-0.39, 0.29) is 19.1 Å². The third-order valence-corrected chi connectivity index (χ3v) is 11.3. The Kier molecular flexibility index (Phi) is 41.8. The van der Waals surface area contributed by atoms with Crippen molar-refractivity contribution >= 4 is 13.7 Å². The van der Waals surface area contributed by atoms with Crippen molar-refractivity contribution in [1.29, 1.82) is 0 Å². The lowest BCUT2D eigenvalue weighted by atomic mass is 10.1. The number of allylic oxidation sites excluding steroid dienone is 15. The van der Waals surface area contributed by atoms with Crippen LogP contribution in [0.15, 0.2) is 97.2 Å². The quantitative estimate of drug-likeness (QED) is 0.0244. The van der Waals surface area contributed by atoms with Crippen LogP contribution in [0.3, 0.4) is 0 Å². The minimum atomic E-state index is -4.36. The number of likely N-dealkylation sites (N-methyl/N-ethyl adjacent to an activating group) is 1. The molecule has 0 radical (unpaired) electrons. The summed E-state index contributed by atoms with van der Waals surface area (Å²) in [5, 5.41) is 13.8. The molecule has 356 valence electrons. The molecule has 0 fully saturated rings. The Morgan fingerprint density at radius 3 is 1.48 bits per heavy atom. The number of nitrogens with one attached hydrogen (secondary N) is 1. The largest absolute Gasteiger partial charge is 0.472 e. The summed E-state index contributed by atoms with van der Waals surface area (Å²) in [6.07, 6.45) is 62.0. The first-order valence-electron chi connectivity index (χ1n) is 24.6. The molecule has 3 atom stereocenters. The first kappa shape index (κ1) is 59.4. The number of hydrogen-bond donors (Lipinski definition) is 3. The lowest BCUT2D eigenvalue weighted by Crippen LogP contribution is -2.45. The molecule has 8 nitrogen and oxygen atoms in total. The molecule has 0 aliphatic rings. The van der Waals surface area contributed by atoms with Crippen LogP contribution in [0.2, 0.25) is 0 Å². The SMILES string of the molecule is CC/C=C\C/C=C\C/C=C\C/C=C\C/C=C\C/C=C\CCCCCCCCCCC(=O)NC(COP(=O)(O)OCC[N+](C)(C)C)C(O)/C=C/CC/C=C/CCCCCCCCC. The maximum Gasteiger partial charge on any atom is 0.472 e. The normalized spacial score (nSPS) is 15.0. The van der Waals surface area contributed by atoms with Crippen LogP contribution in [0.5, 0.6) is 0 Å². The fraction of sp³-hybridized carbons (Fsp3) is 0.679. The summed E-state index contributed by atoms with van der Waals surface area (Å²) in [4.78, 5) is 23.2. The van der Waals surface area contributed by atoms with E-state index >= 15 is 0 Å². The highest BCUT2D eigenvalue weighted by molar-refractivity contribution is 7.47. The van der Waals surface area contributed by atoms with Crippen molar-refractivity contribution in [2.45, 2.75) is 193 Å². The maximum absolute atomic E-state index is 12.9. The van der Waals surface area contributed by atoms with Crippen molar-refractivity contribution in [3.05, 3.63) is 97.2 Å². The van der Waals surface area contributed by atoms with E-state index in [1.165, 1.54) is 70.6 Å². The van der Waals surface area contributed by atoms with E-state index in [4.69, 9.17) is 9.05 Å². The molecule has 0 aromatic carbocycles. The average molecular weight is 886 g/mol. The van der Waals surface area contributed by atoms with Gasteiger partial charge < -0.3 is 19.8 Å². The van der Waals surface area contributed by atoms with Gasteiger partial charge in [-0.25, -0.2) is 4.57 Å². The highest BCUT2D eigenvalue weighted by atomic mass is 31.2. The molecule has 1 amide bonds. The van der Waals surface area contributed by atoms with Crippen LogP contribution in [-0.2, 0) is 18.4 Å². The van der Waals surface area contributed by atoms with Gasteiger partial charge in [-0.2, -0.15) is 0 Å². The predicted octanol–water partition coefficient (Wildman–Crippen LogP) is 14.3. The number of carbonyl (C=O) groups excluding carboxylic acids is 1. The molecular weight excluding hydrogens is 792 g/mol. The first-order chi connectivity index (χ1) is 30.0. The number of phosphoric acid groups is 1. The Morgan fingerprint density at radius 2 is 0.984 bits per heavy atom. The fourth-order valence-electron chi connectivity index (χ4n) is 6.41. The summed E-state index contributed by atoms with van der Waals surface area (Å²) in [7, 11) is 1.53. The van der Waals surface area contributed by atoms with Crippen LogP contribution in [0, 0.1) is 0 Å². The van der Waals surface area contributed by atoms with Gasteiger partial charge in [0.25, 0.3) is 0 Å². The van der Waals surface area contributed by atoms with Crippen molar-refractivity contribution < 1.29 is 32.9 Å². The van der Waals surface area contributed by atoms with E-state index in [0.717, 1.165) is 89.9 Å². The smallest absolute Gasteiger partial charge is 0.387 e. The Bertz CT molecular complexity index is 1330. The molecule has 3 N–H and O–H groups in total. The van der Waals surface area contributed by atoms with Gasteiger partial charge in [0.15, 0.2) is 0 Å². The number of hydrogen-bond acceptors (Lipinski definition) is 5. The molecule has 0 aromatic heterocycles. The summed E-state index contributed by atoms with van der Waals surface area (Å²) < 4.78 is 23.6. The van der Waals surface area contributed by atoms with Crippen molar-refractivity contribution in [3.8, 4) is 0 Å². The molecule has 3 unspecified atom stereocenters. The summed E-state index contributed by atoms with van der Waals surface area (Å²) in [6, 6.07) is -0.873. The van der Waals surface area contributed by atoms with E-state index in [9.17, 15) is 19.4 Å². The number of nitrogens with zero attached hydrogens (tertiary/aromatic N) is 1. The molecule has 0 aromatic rings. The number of unbranched alkanes of at least 4 members (excludes halogenated alkanes) is 16. The molecule has 62 heavy (non-hydrogen) atoms. The Balaban J connectivity index is 4.32. The zero-order valence-electron chi connectivity index (χ0n) is 40.3. The van der Waals surface area contributed by atoms with Crippen molar-refractivity contribution in [2.75, 3.05) is 40.9 Å². The van der Waals surface area contributed by atoms with Crippen LogP contribution in [0.1, 0.15) is 181 Å². The number of aliphatic hydroxyl groups excluding tert-OH is 1. The van der Waals surface area contributed by atoms with Gasteiger partial charge in [-0.3, -0.25) is 13.8 Å². The molecule has 0 rings (SSSR count). The van der Waals surface area contributed by atoms with Gasteiger partial charge >= 0.3 is 7.82 Å². The van der Waals surface area contributed by atoms with Crippen molar-refractivity contribution in [2.24, 2.45) is 0 Å². The van der Waals surface area contributed by atoms with Gasteiger partial charge in [-0.1, -0.05) is 188 Å². The number of phosphoric ester groups is 1. The van der Waals surface area contributed by atoms with Gasteiger partial charge in [0.05, 0.1) is 39.9 Å². The zero-order valence-corrected chi connectivity index (χ0v) is 41.2. The lowest BCUT2D eigenvalue weighted by molar-refractivity contribution is -0.870. The average Bonchev–Trinajstić information content (AvgIpc) is 3.23. The molecular formula is C53H94N2O6P+. The van der Waals surface area contributed by atoms with E-state index in [1.54, 1.807) is 6.08 Å². The van der Waals surface area contributed by atoms with Gasteiger partial charge in [0.1, 0.15) is 13.2 Å².